The SMILES string of the molecule is Cc1ncc(S(=O)(=O)NC2(CO)CCCC(C)C2)s1. The third-order valence-electron chi connectivity index (χ3n) is 3.61. The normalized spacial score (nSPS) is 28.5. The molecule has 2 N–H and O–H groups in total. The molecule has 5 nitrogen and oxygen atoms in total. The standard InChI is InChI=1S/C12H20N2O3S2/c1-9-4-3-5-12(6-9,8-15)14-19(16,17)11-7-13-10(2)18-11/h7,9,14-15H,3-6,8H2,1-2H3. The molecule has 2 rings (SSSR count). The summed E-state index contributed by atoms with van der Waals surface area (Å²) in [5.74, 6) is 0.423. The monoisotopic (exact) mass is 304 g/mol. The molecule has 19 heavy (non-hydrogen) atoms. The largest absolute Gasteiger partial charge is 0.394 e. The van der Waals surface area contributed by atoms with Gasteiger partial charge in [-0.3, -0.25) is 0 Å². The number of nitrogens with one attached hydrogen (secondary N) is 1. The lowest BCUT2D eigenvalue weighted by Crippen LogP contribution is -2.53. The molecule has 0 spiro atoms. The van der Waals surface area contributed by atoms with Gasteiger partial charge in [0.25, 0.3) is 10.0 Å². The van der Waals surface area contributed by atoms with Crippen molar-refractivity contribution in [3.8, 4) is 0 Å². The van der Waals surface area contributed by atoms with E-state index < -0.39 is 15.6 Å². The van der Waals surface area contributed by atoms with Crippen molar-refractivity contribution >= 4 is 21.4 Å². The van der Waals surface area contributed by atoms with Crippen LogP contribution in [0.5, 0.6) is 0 Å². The molecular formula is C12H20N2O3S2. The number of nitrogens with zero attached hydrogens (tertiary/aromatic N) is 1. The van der Waals surface area contributed by atoms with Gasteiger partial charge in [-0.05, 0) is 25.7 Å². The first-order valence-corrected chi connectivity index (χ1v) is 8.74. The minimum absolute atomic E-state index is 0.158. The first kappa shape index (κ1) is 14.9. The summed E-state index contributed by atoms with van der Waals surface area (Å²) in [6.07, 6.45) is 4.76. The summed E-state index contributed by atoms with van der Waals surface area (Å²) in [7, 11) is -3.59. The highest BCUT2D eigenvalue weighted by Crippen LogP contribution is 2.33. The number of sulfonamides is 1. The zero-order chi connectivity index (χ0) is 14.1. The summed E-state index contributed by atoms with van der Waals surface area (Å²) < 4.78 is 27.6. The summed E-state index contributed by atoms with van der Waals surface area (Å²) >= 11 is 1.15. The quantitative estimate of drug-likeness (QED) is 0.887. The molecule has 1 saturated carbocycles. The fourth-order valence-corrected chi connectivity index (χ4v) is 5.27. The first-order valence-electron chi connectivity index (χ1n) is 6.44. The molecule has 1 heterocycles. The summed E-state index contributed by atoms with van der Waals surface area (Å²) in [6.45, 7) is 3.71. The Labute approximate surface area is 118 Å². The van der Waals surface area contributed by atoms with Crippen LogP contribution in [0.25, 0.3) is 0 Å². The van der Waals surface area contributed by atoms with Crippen molar-refractivity contribution in [2.24, 2.45) is 5.92 Å². The van der Waals surface area contributed by atoms with E-state index in [1.807, 2.05) is 0 Å². The minimum Gasteiger partial charge on any atom is -0.394 e. The summed E-state index contributed by atoms with van der Waals surface area (Å²) in [5.41, 5.74) is -0.714. The number of aromatic nitrogens is 1. The molecule has 1 fully saturated rings. The molecule has 0 bridgehead atoms. The zero-order valence-electron chi connectivity index (χ0n) is 11.2. The van der Waals surface area contributed by atoms with E-state index in [2.05, 4.69) is 16.6 Å². The summed E-state index contributed by atoms with van der Waals surface area (Å²) in [5, 5.41) is 10.4. The van der Waals surface area contributed by atoms with E-state index in [1.165, 1.54) is 6.20 Å². The van der Waals surface area contributed by atoms with Crippen LogP contribution in [0, 0.1) is 12.8 Å². The fraction of sp³-hybridized carbons (Fsp3) is 0.750. The Kier molecular flexibility index (Phi) is 4.29. The average molecular weight is 304 g/mol. The molecule has 1 aliphatic rings. The van der Waals surface area contributed by atoms with Gasteiger partial charge in [-0.25, -0.2) is 18.1 Å². The van der Waals surface area contributed by atoms with Crippen LogP contribution in [0.15, 0.2) is 10.4 Å². The number of aliphatic hydroxyl groups is 1. The molecule has 0 radical (unpaired) electrons. The van der Waals surface area contributed by atoms with Crippen molar-refractivity contribution in [2.75, 3.05) is 6.61 Å². The highest BCUT2D eigenvalue weighted by atomic mass is 32.2. The summed E-state index contributed by atoms with van der Waals surface area (Å²) in [6, 6.07) is 0. The molecule has 2 unspecified atom stereocenters. The van der Waals surface area contributed by atoms with Gasteiger partial charge in [0.1, 0.15) is 0 Å². The average Bonchev–Trinajstić information content (AvgIpc) is 2.76. The van der Waals surface area contributed by atoms with Crippen LogP contribution in [-0.4, -0.2) is 30.7 Å². The van der Waals surface area contributed by atoms with Gasteiger partial charge in [-0.1, -0.05) is 19.8 Å². The van der Waals surface area contributed by atoms with E-state index in [0.717, 1.165) is 29.2 Å². The Hall–Kier alpha value is -0.500. The molecule has 108 valence electrons. The maximum atomic E-state index is 12.3. The van der Waals surface area contributed by atoms with Gasteiger partial charge in [0.2, 0.25) is 0 Å². The Balaban J connectivity index is 2.22. The van der Waals surface area contributed by atoms with Crippen LogP contribution >= 0.6 is 11.3 Å². The van der Waals surface area contributed by atoms with Crippen LogP contribution in [0.3, 0.4) is 0 Å². The Morgan fingerprint density at radius 2 is 2.37 bits per heavy atom. The van der Waals surface area contributed by atoms with Gasteiger partial charge in [0.05, 0.1) is 23.4 Å². The lowest BCUT2D eigenvalue weighted by molar-refractivity contribution is 0.120. The van der Waals surface area contributed by atoms with Crippen LogP contribution in [0.2, 0.25) is 0 Å². The van der Waals surface area contributed by atoms with Crippen LogP contribution in [0.1, 0.15) is 37.6 Å². The zero-order valence-corrected chi connectivity index (χ0v) is 12.9. The second-order valence-electron chi connectivity index (χ2n) is 5.44. The number of rotatable bonds is 4. The van der Waals surface area contributed by atoms with Gasteiger partial charge in [0.15, 0.2) is 4.21 Å². The van der Waals surface area contributed by atoms with Crippen molar-refractivity contribution < 1.29 is 13.5 Å². The van der Waals surface area contributed by atoms with Gasteiger partial charge in [-0.2, -0.15) is 0 Å². The maximum absolute atomic E-state index is 12.3. The number of hydrogen-bond acceptors (Lipinski definition) is 5. The smallest absolute Gasteiger partial charge is 0.252 e. The van der Waals surface area contributed by atoms with Gasteiger partial charge < -0.3 is 5.11 Å². The van der Waals surface area contributed by atoms with E-state index in [1.54, 1.807) is 6.92 Å². The molecule has 2 atom stereocenters. The van der Waals surface area contributed by atoms with E-state index in [0.29, 0.717) is 18.8 Å². The Morgan fingerprint density at radius 3 is 2.89 bits per heavy atom. The number of aliphatic hydroxyl groups excluding tert-OH is 1. The van der Waals surface area contributed by atoms with Crippen molar-refractivity contribution in [1.82, 2.24) is 9.71 Å². The molecular weight excluding hydrogens is 284 g/mol. The third-order valence-corrected chi connectivity index (χ3v) is 6.56. The Bertz CT molecular complexity index is 541. The van der Waals surface area contributed by atoms with Crippen molar-refractivity contribution in [3.63, 3.8) is 0 Å². The van der Waals surface area contributed by atoms with Crippen molar-refractivity contribution in [1.29, 1.82) is 0 Å². The second-order valence-corrected chi connectivity index (χ2v) is 8.59. The fourth-order valence-electron chi connectivity index (χ4n) is 2.73. The van der Waals surface area contributed by atoms with E-state index in [9.17, 15) is 13.5 Å². The predicted octanol–water partition coefficient (Wildman–Crippen LogP) is 1.67. The second kappa shape index (κ2) is 5.47. The van der Waals surface area contributed by atoms with E-state index in [4.69, 9.17) is 0 Å². The lowest BCUT2D eigenvalue weighted by Gasteiger charge is -2.38. The lowest BCUT2D eigenvalue weighted by atomic mass is 9.78. The van der Waals surface area contributed by atoms with E-state index >= 15 is 0 Å². The molecule has 0 saturated heterocycles. The molecule has 1 aliphatic carbocycles. The van der Waals surface area contributed by atoms with Crippen LogP contribution in [-0.2, 0) is 10.0 Å². The molecule has 1 aromatic heterocycles. The highest BCUT2D eigenvalue weighted by molar-refractivity contribution is 7.91. The predicted molar refractivity (Wildman–Crippen MR) is 74.6 cm³/mol. The first-order chi connectivity index (χ1) is 8.87. The minimum atomic E-state index is -3.59. The molecule has 0 amide bonds. The molecule has 0 aliphatic heterocycles. The molecule has 0 aromatic carbocycles. The summed E-state index contributed by atoms with van der Waals surface area (Å²) in [4.78, 5) is 3.98. The number of thiazole rings is 1. The number of aryl methyl sites for hydroxylation is 1. The molecule has 1 aromatic rings. The van der Waals surface area contributed by atoms with E-state index in [-0.39, 0.29) is 10.8 Å². The van der Waals surface area contributed by atoms with Gasteiger partial charge in [-0.15, -0.1) is 11.3 Å². The van der Waals surface area contributed by atoms with Crippen LogP contribution < -0.4 is 4.72 Å². The van der Waals surface area contributed by atoms with Gasteiger partial charge in [0, 0.05) is 0 Å². The highest BCUT2D eigenvalue weighted by Gasteiger charge is 2.38. The Morgan fingerprint density at radius 1 is 1.63 bits per heavy atom. The van der Waals surface area contributed by atoms with Crippen LogP contribution in [0.4, 0.5) is 0 Å². The van der Waals surface area contributed by atoms with Gasteiger partial charge >= 0.3 is 0 Å². The van der Waals surface area contributed by atoms with Crippen molar-refractivity contribution in [3.05, 3.63) is 11.2 Å². The van der Waals surface area contributed by atoms with Crippen molar-refractivity contribution in [2.45, 2.75) is 49.3 Å². The third kappa shape index (κ3) is 3.34. The topological polar surface area (TPSA) is 79.3 Å². The number of hydrogen-bond donors (Lipinski definition) is 2. The molecule has 7 heteroatoms. The maximum Gasteiger partial charge on any atom is 0.252 e.